The molecule has 0 aliphatic carbocycles. The molecule has 0 aliphatic rings. The van der Waals surface area contributed by atoms with Crippen LogP contribution in [0, 0.1) is 0 Å². The molecule has 0 aromatic heterocycles. The lowest BCUT2D eigenvalue weighted by atomic mass is 10.1. The van der Waals surface area contributed by atoms with Crippen LogP contribution in [0.3, 0.4) is 0 Å². The summed E-state index contributed by atoms with van der Waals surface area (Å²) in [6, 6.07) is 16.0. The molecule has 6 nitrogen and oxygen atoms in total. The van der Waals surface area contributed by atoms with Crippen LogP contribution in [0.1, 0.15) is 19.4 Å². The average molecular weight is 391 g/mol. The lowest BCUT2D eigenvalue weighted by molar-refractivity contribution is -0.123. The number of carbonyl (C=O) groups is 1. The maximum Gasteiger partial charge on any atom is 0.257 e. The van der Waals surface area contributed by atoms with Crippen LogP contribution in [-0.4, -0.2) is 44.9 Å². The largest absolute Gasteiger partial charge is 0.484 e. The number of sulfonamides is 1. The third kappa shape index (κ3) is 6.08. The van der Waals surface area contributed by atoms with Crippen molar-refractivity contribution in [3.63, 3.8) is 0 Å². The second-order valence-corrected chi connectivity index (χ2v) is 7.87. The maximum absolute atomic E-state index is 12.4. The fourth-order valence-corrected chi connectivity index (χ4v) is 4.07. The van der Waals surface area contributed by atoms with Gasteiger partial charge < -0.3 is 10.1 Å². The number of benzene rings is 2. The van der Waals surface area contributed by atoms with Crippen molar-refractivity contribution in [1.29, 1.82) is 0 Å². The third-order valence-corrected chi connectivity index (χ3v) is 6.18. The highest BCUT2D eigenvalue weighted by Gasteiger charge is 2.21. The summed E-state index contributed by atoms with van der Waals surface area (Å²) in [5.74, 6) is 0.234. The molecular weight excluding hydrogens is 364 g/mol. The molecule has 0 bridgehead atoms. The quantitative estimate of drug-likeness (QED) is 0.676. The van der Waals surface area contributed by atoms with Crippen molar-refractivity contribution < 1.29 is 17.9 Å². The molecule has 2 aromatic carbocycles. The summed E-state index contributed by atoms with van der Waals surface area (Å²) in [6.07, 6.45) is 0.754. The molecule has 2 aromatic rings. The molecule has 27 heavy (non-hydrogen) atoms. The van der Waals surface area contributed by atoms with Gasteiger partial charge in [0.25, 0.3) is 5.91 Å². The first-order valence-corrected chi connectivity index (χ1v) is 10.4. The van der Waals surface area contributed by atoms with E-state index in [4.69, 9.17) is 4.74 Å². The number of nitrogens with zero attached hydrogens (tertiary/aromatic N) is 1. The SMILES string of the molecule is CCN(CC)S(=O)(=O)c1ccc(OCC(=O)NCCc2ccccc2)cc1. The Morgan fingerprint density at radius 1 is 1.00 bits per heavy atom. The van der Waals surface area contributed by atoms with Gasteiger partial charge in [0, 0.05) is 19.6 Å². The molecule has 0 saturated heterocycles. The van der Waals surface area contributed by atoms with Crippen LogP contribution in [0.5, 0.6) is 5.75 Å². The smallest absolute Gasteiger partial charge is 0.257 e. The van der Waals surface area contributed by atoms with Crippen molar-refractivity contribution in [3.8, 4) is 5.75 Å². The lowest BCUT2D eigenvalue weighted by Crippen LogP contribution is -2.31. The fraction of sp³-hybridized carbons (Fsp3) is 0.350. The first-order chi connectivity index (χ1) is 13.0. The summed E-state index contributed by atoms with van der Waals surface area (Å²) in [5, 5.41) is 2.80. The Balaban J connectivity index is 1.81. The minimum atomic E-state index is -3.49. The third-order valence-electron chi connectivity index (χ3n) is 4.12. The van der Waals surface area contributed by atoms with Crippen molar-refractivity contribution in [1.82, 2.24) is 9.62 Å². The van der Waals surface area contributed by atoms with E-state index in [2.05, 4.69) is 5.32 Å². The predicted molar refractivity (Wildman–Crippen MR) is 105 cm³/mol. The van der Waals surface area contributed by atoms with Crippen LogP contribution in [0.25, 0.3) is 0 Å². The van der Waals surface area contributed by atoms with E-state index in [1.54, 1.807) is 26.0 Å². The molecule has 1 N–H and O–H groups in total. The van der Waals surface area contributed by atoms with Crippen LogP contribution in [0.2, 0.25) is 0 Å². The van der Waals surface area contributed by atoms with Gasteiger partial charge in [0.2, 0.25) is 10.0 Å². The first-order valence-electron chi connectivity index (χ1n) is 9.01. The highest BCUT2D eigenvalue weighted by molar-refractivity contribution is 7.89. The summed E-state index contributed by atoms with van der Waals surface area (Å²) in [4.78, 5) is 12.1. The molecule has 0 fully saturated rings. The Bertz CT molecular complexity index is 817. The molecular formula is C20H26N2O4S. The highest BCUT2D eigenvalue weighted by atomic mass is 32.2. The summed E-state index contributed by atoms with van der Waals surface area (Å²) in [5.41, 5.74) is 1.16. The van der Waals surface area contributed by atoms with E-state index in [-0.39, 0.29) is 17.4 Å². The van der Waals surface area contributed by atoms with Gasteiger partial charge in [-0.15, -0.1) is 0 Å². The standard InChI is InChI=1S/C20H26N2O4S/c1-3-22(4-2)27(24,25)19-12-10-18(11-13-19)26-16-20(23)21-15-14-17-8-6-5-7-9-17/h5-13H,3-4,14-16H2,1-2H3,(H,21,23). The zero-order chi connectivity index (χ0) is 19.7. The van der Waals surface area contributed by atoms with Gasteiger partial charge in [0.15, 0.2) is 6.61 Å². The summed E-state index contributed by atoms with van der Waals surface area (Å²) >= 11 is 0. The van der Waals surface area contributed by atoms with Crippen molar-refractivity contribution >= 4 is 15.9 Å². The van der Waals surface area contributed by atoms with Crippen molar-refractivity contribution in [2.45, 2.75) is 25.2 Å². The van der Waals surface area contributed by atoms with Gasteiger partial charge in [-0.2, -0.15) is 4.31 Å². The molecule has 0 spiro atoms. The summed E-state index contributed by atoms with van der Waals surface area (Å²) in [6.45, 7) is 4.86. The van der Waals surface area contributed by atoms with Crippen molar-refractivity contribution in [2.75, 3.05) is 26.2 Å². The molecule has 2 rings (SSSR count). The number of hydrogen-bond acceptors (Lipinski definition) is 4. The Morgan fingerprint density at radius 2 is 1.63 bits per heavy atom. The Hall–Kier alpha value is -2.38. The predicted octanol–water partition coefficient (Wildman–Crippen LogP) is 2.45. The van der Waals surface area contributed by atoms with Gasteiger partial charge >= 0.3 is 0 Å². The van der Waals surface area contributed by atoms with Crippen LogP contribution in [0.4, 0.5) is 0 Å². The Labute approximate surface area is 161 Å². The monoisotopic (exact) mass is 390 g/mol. The summed E-state index contributed by atoms with van der Waals surface area (Å²) < 4.78 is 31.7. The van der Waals surface area contributed by atoms with Gasteiger partial charge in [-0.1, -0.05) is 44.2 Å². The second kappa shape index (κ2) is 10.1. The number of ether oxygens (including phenoxy) is 1. The lowest BCUT2D eigenvalue weighted by Gasteiger charge is -2.18. The second-order valence-electron chi connectivity index (χ2n) is 5.93. The molecule has 7 heteroatoms. The van der Waals surface area contributed by atoms with E-state index in [1.807, 2.05) is 30.3 Å². The van der Waals surface area contributed by atoms with E-state index >= 15 is 0 Å². The molecule has 0 saturated carbocycles. The van der Waals surface area contributed by atoms with Crippen molar-refractivity contribution in [3.05, 3.63) is 60.2 Å². The number of amides is 1. The van der Waals surface area contributed by atoms with Gasteiger partial charge in [-0.3, -0.25) is 4.79 Å². The number of nitrogens with one attached hydrogen (secondary N) is 1. The topological polar surface area (TPSA) is 75.7 Å². The van der Waals surface area contributed by atoms with E-state index in [0.717, 1.165) is 12.0 Å². The fourth-order valence-electron chi connectivity index (χ4n) is 2.61. The van der Waals surface area contributed by atoms with Crippen LogP contribution < -0.4 is 10.1 Å². The van der Waals surface area contributed by atoms with Gasteiger partial charge in [0.1, 0.15) is 5.75 Å². The molecule has 0 atom stereocenters. The highest BCUT2D eigenvalue weighted by Crippen LogP contribution is 2.19. The molecule has 1 amide bonds. The van der Waals surface area contributed by atoms with E-state index in [9.17, 15) is 13.2 Å². The van der Waals surface area contributed by atoms with Crippen molar-refractivity contribution in [2.24, 2.45) is 0 Å². The molecule has 0 aliphatic heterocycles. The first kappa shape index (κ1) is 20.9. The number of carbonyl (C=O) groups excluding carboxylic acids is 1. The molecule has 146 valence electrons. The molecule has 0 unspecified atom stereocenters. The van der Waals surface area contributed by atoms with Gasteiger partial charge in [0.05, 0.1) is 4.90 Å². The normalized spacial score (nSPS) is 11.4. The van der Waals surface area contributed by atoms with E-state index < -0.39 is 10.0 Å². The van der Waals surface area contributed by atoms with E-state index in [0.29, 0.717) is 25.4 Å². The van der Waals surface area contributed by atoms with Gasteiger partial charge in [-0.05, 0) is 36.2 Å². The average Bonchev–Trinajstić information content (AvgIpc) is 2.68. The number of rotatable bonds is 10. The van der Waals surface area contributed by atoms with Crippen LogP contribution >= 0.6 is 0 Å². The molecule has 0 heterocycles. The van der Waals surface area contributed by atoms with Crippen LogP contribution in [0.15, 0.2) is 59.5 Å². The zero-order valence-electron chi connectivity index (χ0n) is 15.7. The van der Waals surface area contributed by atoms with Gasteiger partial charge in [-0.25, -0.2) is 8.42 Å². The summed E-state index contributed by atoms with van der Waals surface area (Å²) in [7, 11) is -3.49. The number of hydrogen-bond donors (Lipinski definition) is 1. The Kier molecular flexibility index (Phi) is 7.82. The molecule has 0 radical (unpaired) electrons. The minimum Gasteiger partial charge on any atom is -0.484 e. The van der Waals surface area contributed by atoms with Crippen LogP contribution in [-0.2, 0) is 21.2 Å². The van der Waals surface area contributed by atoms with E-state index in [1.165, 1.54) is 16.4 Å². The maximum atomic E-state index is 12.4. The zero-order valence-corrected chi connectivity index (χ0v) is 16.5. The minimum absolute atomic E-state index is 0.114. The Morgan fingerprint density at radius 3 is 2.22 bits per heavy atom.